The minimum atomic E-state index is 0.0793. The Kier molecular flexibility index (Phi) is 8.95. The molecule has 9 nitrogen and oxygen atoms in total. The summed E-state index contributed by atoms with van der Waals surface area (Å²) < 4.78 is 23.1. The van der Waals surface area contributed by atoms with Gasteiger partial charge in [0.15, 0.2) is 11.5 Å². The van der Waals surface area contributed by atoms with Gasteiger partial charge in [0.25, 0.3) is 5.88 Å². The zero-order valence-corrected chi connectivity index (χ0v) is 23.8. The van der Waals surface area contributed by atoms with E-state index in [4.69, 9.17) is 18.9 Å². The van der Waals surface area contributed by atoms with Crippen molar-refractivity contribution >= 4 is 29.2 Å². The minimum Gasteiger partial charge on any atom is -0.493 e. The van der Waals surface area contributed by atoms with Crippen LogP contribution in [-0.2, 0) is 4.74 Å². The summed E-state index contributed by atoms with van der Waals surface area (Å²) in [6, 6.07) is 21.7. The third-order valence-electron chi connectivity index (χ3n) is 6.34. The van der Waals surface area contributed by atoms with Crippen LogP contribution in [-0.4, -0.2) is 55.7 Å². The number of nitrogens with one attached hydrogen (secondary N) is 1. The van der Waals surface area contributed by atoms with E-state index < -0.39 is 0 Å². The summed E-state index contributed by atoms with van der Waals surface area (Å²) in [5.74, 6) is 2.59. The predicted molar refractivity (Wildman–Crippen MR) is 162 cm³/mol. The summed E-state index contributed by atoms with van der Waals surface area (Å²) in [4.78, 5) is 16.2. The normalized spacial score (nSPS) is 13.4. The molecule has 0 spiro atoms. The molecule has 0 saturated carbocycles. The Bertz CT molecular complexity index is 1480. The lowest BCUT2D eigenvalue weighted by molar-refractivity contribution is 0.122. The minimum absolute atomic E-state index is 0.0793. The van der Waals surface area contributed by atoms with Crippen LogP contribution in [0.2, 0.25) is 0 Å². The molecule has 1 aromatic heterocycles. The fraction of sp³-hybridized carbons (Fsp3) is 0.281. The van der Waals surface area contributed by atoms with Crippen molar-refractivity contribution < 1.29 is 18.9 Å². The summed E-state index contributed by atoms with van der Waals surface area (Å²) in [5, 5.41) is 3.28. The molecule has 0 radical (unpaired) electrons. The van der Waals surface area contributed by atoms with E-state index >= 15 is 0 Å². The fourth-order valence-electron chi connectivity index (χ4n) is 4.34. The zero-order chi connectivity index (χ0) is 28.6. The van der Waals surface area contributed by atoms with Crippen LogP contribution in [0.4, 0.5) is 23.0 Å². The van der Waals surface area contributed by atoms with Crippen LogP contribution in [0.3, 0.4) is 0 Å². The highest BCUT2D eigenvalue weighted by Gasteiger charge is 2.14. The standard InChI is InChI=1S/C32H35N5O4/c1-22(2)40-27-7-5-6-24(19-27)20-33-28-21-34-32(36-31(28)41-29-13-8-23(3)18-30(29)38-4)35-25-9-11-26(12-10-25)37-14-16-39-17-15-37/h5-13,18-22H,14-17H2,1-4H3,(H,34,35,36)/b33-20+. The van der Waals surface area contributed by atoms with Gasteiger partial charge in [-0.3, -0.25) is 0 Å². The van der Waals surface area contributed by atoms with Crippen molar-refractivity contribution in [3.8, 4) is 23.1 Å². The molecule has 2 heterocycles. The molecule has 1 aliphatic heterocycles. The largest absolute Gasteiger partial charge is 0.493 e. The molecule has 41 heavy (non-hydrogen) atoms. The van der Waals surface area contributed by atoms with Gasteiger partial charge in [0.1, 0.15) is 11.4 Å². The summed E-state index contributed by atoms with van der Waals surface area (Å²) >= 11 is 0. The van der Waals surface area contributed by atoms with Crippen LogP contribution in [0.1, 0.15) is 25.0 Å². The van der Waals surface area contributed by atoms with E-state index in [1.54, 1.807) is 19.5 Å². The van der Waals surface area contributed by atoms with Gasteiger partial charge in [0.2, 0.25) is 5.95 Å². The smallest absolute Gasteiger partial charge is 0.250 e. The number of rotatable bonds is 10. The van der Waals surface area contributed by atoms with Gasteiger partial charge in [0, 0.05) is 30.7 Å². The maximum absolute atomic E-state index is 6.26. The first-order valence-corrected chi connectivity index (χ1v) is 13.7. The van der Waals surface area contributed by atoms with Crippen molar-refractivity contribution in [2.45, 2.75) is 26.9 Å². The van der Waals surface area contributed by atoms with E-state index in [0.717, 1.165) is 54.6 Å². The number of aliphatic imine (C=N–C) groups is 1. The van der Waals surface area contributed by atoms with Gasteiger partial charge in [0.05, 0.1) is 32.6 Å². The first-order chi connectivity index (χ1) is 20.0. The van der Waals surface area contributed by atoms with Crippen molar-refractivity contribution in [3.63, 3.8) is 0 Å². The van der Waals surface area contributed by atoms with Gasteiger partial charge in [-0.05, 0) is 80.4 Å². The molecular weight excluding hydrogens is 518 g/mol. The first kappa shape index (κ1) is 27.9. The zero-order valence-electron chi connectivity index (χ0n) is 23.8. The summed E-state index contributed by atoms with van der Waals surface area (Å²) in [6.45, 7) is 9.25. The van der Waals surface area contributed by atoms with Crippen LogP contribution >= 0.6 is 0 Å². The van der Waals surface area contributed by atoms with Crippen molar-refractivity contribution in [1.82, 2.24) is 9.97 Å². The van der Waals surface area contributed by atoms with Crippen LogP contribution in [0.15, 0.2) is 77.9 Å². The lowest BCUT2D eigenvalue weighted by Gasteiger charge is -2.28. The molecule has 0 unspecified atom stereocenters. The topological polar surface area (TPSA) is 90.3 Å². The van der Waals surface area contributed by atoms with Crippen LogP contribution in [0.25, 0.3) is 0 Å². The molecule has 1 saturated heterocycles. The molecule has 4 aromatic rings. The molecule has 0 amide bonds. The van der Waals surface area contributed by atoms with E-state index in [1.807, 2.05) is 75.4 Å². The second kappa shape index (κ2) is 13.1. The molecule has 212 valence electrons. The van der Waals surface area contributed by atoms with Gasteiger partial charge >= 0.3 is 0 Å². The maximum Gasteiger partial charge on any atom is 0.250 e. The van der Waals surface area contributed by atoms with E-state index in [0.29, 0.717) is 29.0 Å². The Morgan fingerprint density at radius 2 is 1.80 bits per heavy atom. The number of hydrogen-bond acceptors (Lipinski definition) is 9. The van der Waals surface area contributed by atoms with E-state index in [1.165, 1.54) is 0 Å². The Labute approximate surface area is 240 Å². The van der Waals surface area contributed by atoms with E-state index in [9.17, 15) is 0 Å². The number of methoxy groups -OCH3 is 1. The van der Waals surface area contributed by atoms with Crippen molar-refractivity contribution in [3.05, 3.63) is 84.1 Å². The molecule has 0 atom stereocenters. The number of aromatic nitrogens is 2. The average molecular weight is 554 g/mol. The van der Waals surface area contributed by atoms with Crippen LogP contribution in [0, 0.1) is 6.92 Å². The van der Waals surface area contributed by atoms with Crippen LogP contribution in [0.5, 0.6) is 23.1 Å². The molecule has 5 rings (SSSR count). The highest BCUT2D eigenvalue weighted by atomic mass is 16.5. The summed E-state index contributed by atoms with van der Waals surface area (Å²) in [5.41, 5.74) is 4.42. The Hall–Kier alpha value is -4.63. The number of morpholine rings is 1. The van der Waals surface area contributed by atoms with Gasteiger partial charge in [-0.25, -0.2) is 9.98 Å². The predicted octanol–water partition coefficient (Wildman–Crippen LogP) is 6.70. The van der Waals surface area contributed by atoms with Gasteiger partial charge < -0.3 is 29.2 Å². The molecule has 1 N–H and O–H groups in total. The molecule has 1 aliphatic rings. The molecule has 0 aliphatic carbocycles. The van der Waals surface area contributed by atoms with Crippen LogP contribution < -0.4 is 24.4 Å². The SMILES string of the molecule is COc1cc(C)ccc1Oc1nc(Nc2ccc(N3CCOCC3)cc2)ncc1/N=C/c1cccc(OC(C)C)c1. The van der Waals surface area contributed by atoms with E-state index in [-0.39, 0.29) is 6.10 Å². The number of benzene rings is 3. The highest BCUT2D eigenvalue weighted by molar-refractivity contribution is 5.83. The number of hydrogen-bond donors (Lipinski definition) is 1. The lowest BCUT2D eigenvalue weighted by Crippen LogP contribution is -2.36. The quantitative estimate of drug-likeness (QED) is 0.217. The van der Waals surface area contributed by atoms with Gasteiger partial charge in [-0.15, -0.1) is 0 Å². The number of aryl methyl sites for hydroxylation is 1. The highest BCUT2D eigenvalue weighted by Crippen LogP contribution is 2.36. The lowest BCUT2D eigenvalue weighted by atomic mass is 10.2. The van der Waals surface area contributed by atoms with E-state index in [2.05, 4.69) is 37.3 Å². The summed E-state index contributed by atoms with van der Waals surface area (Å²) in [7, 11) is 1.61. The number of anilines is 3. The summed E-state index contributed by atoms with van der Waals surface area (Å²) in [6.07, 6.45) is 3.46. The molecule has 1 fully saturated rings. The number of nitrogens with zero attached hydrogens (tertiary/aromatic N) is 4. The Morgan fingerprint density at radius 3 is 2.56 bits per heavy atom. The molecule has 3 aromatic carbocycles. The molecular formula is C32H35N5O4. The third-order valence-corrected chi connectivity index (χ3v) is 6.34. The molecule has 9 heteroatoms. The van der Waals surface area contributed by atoms with Gasteiger partial charge in [-0.2, -0.15) is 4.98 Å². The maximum atomic E-state index is 6.26. The number of ether oxygens (including phenoxy) is 4. The Balaban J connectivity index is 1.41. The third kappa shape index (κ3) is 7.52. The average Bonchev–Trinajstić information content (AvgIpc) is 2.98. The van der Waals surface area contributed by atoms with Gasteiger partial charge in [-0.1, -0.05) is 18.2 Å². The van der Waals surface area contributed by atoms with Crippen molar-refractivity contribution in [2.24, 2.45) is 4.99 Å². The Morgan fingerprint density at radius 1 is 1.00 bits per heavy atom. The second-order valence-corrected chi connectivity index (χ2v) is 9.91. The molecule has 0 bridgehead atoms. The monoisotopic (exact) mass is 553 g/mol. The first-order valence-electron chi connectivity index (χ1n) is 13.7. The van der Waals surface area contributed by atoms with Crippen molar-refractivity contribution in [2.75, 3.05) is 43.6 Å². The van der Waals surface area contributed by atoms with Crippen molar-refractivity contribution in [1.29, 1.82) is 0 Å². The second-order valence-electron chi connectivity index (χ2n) is 9.91. The fourth-order valence-corrected chi connectivity index (χ4v) is 4.34.